The van der Waals surface area contributed by atoms with Crippen LogP contribution in [0.3, 0.4) is 0 Å². The summed E-state index contributed by atoms with van der Waals surface area (Å²) >= 11 is 0. The number of carbonyl (C=O) groups is 1. The third-order valence-electron chi connectivity index (χ3n) is 5.53. The Morgan fingerprint density at radius 3 is 2.26 bits per heavy atom. The van der Waals surface area contributed by atoms with Gasteiger partial charge in [-0.25, -0.2) is 13.2 Å². The fourth-order valence-electron chi connectivity index (χ4n) is 4.04. The first kappa shape index (κ1) is 16.5. The van der Waals surface area contributed by atoms with E-state index in [-0.39, 0.29) is 10.6 Å². The minimum Gasteiger partial charge on any atom is -0.477 e. The first-order valence-corrected chi connectivity index (χ1v) is 9.68. The Kier molecular flexibility index (Phi) is 4.27. The molecule has 2 heterocycles. The molecular weight excluding hydrogens is 316 g/mol. The Morgan fingerprint density at radius 1 is 1.13 bits per heavy atom. The van der Waals surface area contributed by atoms with E-state index in [2.05, 4.69) is 0 Å². The van der Waals surface area contributed by atoms with Gasteiger partial charge in [0.1, 0.15) is 10.6 Å². The molecule has 7 heteroatoms. The van der Waals surface area contributed by atoms with E-state index in [0.717, 1.165) is 12.8 Å². The van der Waals surface area contributed by atoms with Crippen molar-refractivity contribution < 1.29 is 18.3 Å². The van der Waals surface area contributed by atoms with Gasteiger partial charge in [-0.1, -0.05) is 19.3 Å². The number of nitrogens with zero attached hydrogens (tertiary/aromatic N) is 2. The molecule has 1 aromatic rings. The summed E-state index contributed by atoms with van der Waals surface area (Å²) in [6.07, 6.45) is 9.48. The fourth-order valence-corrected chi connectivity index (χ4v) is 5.55. The van der Waals surface area contributed by atoms with Gasteiger partial charge >= 0.3 is 5.97 Å². The number of carboxylic acid groups (broad SMARTS) is 1. The van der Waals surface area contributed by atoms with Crippen molar-refractivity contribution in [3.8, 4) is 0 Å². The van der Waals surface area contributed by atoms with E-state index >= 15 is 0 Å². The van der Waals surface area contributed by atoms with E-state index in [1.165, 1.54) is 53.2 Å². The molecule has 0 atom stereocenters. The maximum atomic E-state index is 12.8. The highest BCUT2D eigenvalue weighted by molar-refractivity contribution is 7.89. The van der Waals surface area contributed by atoms with Crippen LogP contribution in [0.2, 0.25) is 0 Å². The van der Waals surface area contributed by atoms with Gasteiger partial charge in [-0.3, -0.25) is 0 Å². The molecule has 1 N–H and O–H groups in total. The van der Waals surface area contributed by atoms with Crippen LogP contribution in [0, 0.1) is 5.41 Å². The number of aromatic carboxylic acids is 1. The van der Waals surface area contributed by atoms with E-state index < -0.39 is 16.0 Å². The minimum absolute atomic E-state index is 0.00987. The number of hydrogen-bond donors (Lipinski definition) is 1. The molecule has 1 aliphatic heterocycles. The smallest absolute Gasteiger partial charge is 0.352 e. The Hall–Kier alpha value is -1.34. The lowest BCUT2D eigenvalue weighted by Gasteiger charge is -2.43. The summed E-state index contributed by atoms with van der Waals surface area (Å²) in [6.45, 7) is 1.08. The van der Waals surface area contributed by atoms with Crippen LogP contribution >= 0.6 is 0 Å². The molecule has 0 unspecified atom stereocenters. The van der Waals surface area contributed by atoms with Crippen LogP contribution in [0.15, 0.2) is 17.2 Å². The van der Waals surface area contributed by atoms with Crippen molar-refractivity contribution in [1.82, 2.24) is 8.87 Å². The number of carboxylic acids is 1. The van der Waals surface area contributed by atoms with E-state index in [0.29, 0.717) is 18.5 Å². The van der Waals surface area contributed by atoms with E-state index in [4.69, 9.17) is 5.11 Å². The number of aromatic nitrogens is 1. The van der Waals surface area contributed by atoms with Crippen molar-refractivity contribution in [3.63, 3.8) is 0 Å². The number of piperidine rings is 1. The molecular formula is C16H24N2O4S. The van der Waals surface area contributed by atoms with Crippen molar-refractivity contribution in [2.75, 3.05) is 13.1 Å². The van der Waals surface area contributed by atoms with Gasteiger partial charge in [0.05, 0.1) is 0 Å². The highest BCUT2D eigenvalue weighted by Crippen LogP contribution is 2.45. The number of aryl methyl sites for hydroxylation is 1. The largest absolute Gasteiger partial charge is 0.477 e. The van der Waals surface area contributed by atoms with Crippen LogP contribution in [0.1, 0.15) is 55.4 Å². The lowest BCUT2D eigenvalue weighted by atomic mass is 9.68. The van der Waals surface area contributed by atoms with Crippen LogP contribution in [-0.4, -0.2) is 41.5 Å². The number of rotatable bonds is 3. The van der Waals surface area contributed by atoms with Gasteiger partial charge in [-0.05, 0) is 37.2 Å². The summed E-state index contributed by atoms with van der Waals surface area (Å²) in [5.41, 5.74) is 0.331. The van der Waals surface area contributed by atoms with Gasteiger partial charge in [0, 0.05) is 26.3 Å². The Labute approximate surface area is 137 Å². The second kappa shape index (κ2) is 5.94. The van der Waals surface area contributed by atoms with E-state index in [9.17, 15) is 13.2 Å². The highest BCUT2D eigenvalue weighted by atomic mass is 32.2. The van der Waals surface area contributed by atoms with Crippen LogP contribution in [0.5, 0.6) is 0 Å². The third-order valence-corrected chi connectivity index (χ3v) is 7.40. The van der Waals surface area contributed by atoms with Gasteiger partial charge in [-0.15, -0.1) is 0 Å². The average Bonchev–Trinajstić information content (AvgIpc) is 2.91. The topological polar surface area (TPSA) is 79.6 Å². The summed E-state index contributed by atoms with van der Waals surface area (Å²) in [7, 11) is -2.05. The van der Waals surface area contributed by atoms with Crippen molar-refractivity contribution in [2.45, 2.75) is 49.8 Å². The van der Waals surface area contributed by atoms with Crippen molar-refractivity contribution in [1.29, 1.82) is 0 Å². The molecule has 3 rings (SSSR count). The molecule has 6 nitrogen and oxygen atoms in total. The molecule has 1 saturated heterocycles. The van der Waals surface area contributed by atoms with Crippen molar-refractivity contribution in [2.24, 2.45) is 12.5 Å². The molecule has 2 aliphatic rings. The summed E-state index contributed by atoms with van der Waals surface area (Å²) < 4.78 is 28.4. The van der Waals surface area contributed by atoms with E-state index in [1.54, 1.807) is 7.05 Å². The van der Waals surface area contributed by atoms with Crippen molar-refractivity contribution in [3.05, 3.63) is 18.0 Å². The predicted octanol–water partition coefficient (Wildman–Crippen LogP) is 2.46. The average molecular weight is 340 g/mol. The summed E-state index contributed by atoms with van der Waals surface area (Å²) in [5.74, 6) is -1.12. The van der Waals surface area contributed by atoms with Gasteiger partial charge in [0.2, 0.25) is 10.0 Å². The fraction of sp³-hybridized carbons (Fsp3) is 0.688. The highest BCUT2D eigenvalue weighted by Gasteiger charge is 2.39. The van der Waals surface area contributed by atoms with Gasteiger partial charge in [0.25, 0.3) is 0 Å². The molecule has 23 heavy (non-hydrogen) atoms. The molecule has 2 fully saturated rings. The lowest BCUT2D eigenvalue weighted by Crippen LogP contribution is -2.43. The minimum atomic E-state index is -3.60. The first-order chi connectivity index (χ1) is 10.8. The van der Waals surface area contributed by atoms with Crippen LogP contribution in [-0.2, 0) is 17.1 Å². The second-order valence-corrected chi connectivity index (χ2v) is 8.88. The monoisotopic (exact) mass is 340 g/mol. The van der Waals surface area contributed by atoms with Crippen LogP contribution in [0.25, 0.3) is 0 Å². The SMILES string of the molecule is Cn1cc(S(=O)(=O)N2CCC3(CCCCC3)CC2)cc1C(=O)O. The molecule has 128 valence electrons. The van der Waals surface area contributed by atoms with Crippen LogP contribution in [0.4, 0.5) is 0 Å². The third kappa shape index (κ3) is 3.04. The Balaban J connectivity index is 1.76. The zero-order valence-electron chi connectivity index (χ0n) is 13.5. The second-order valence-electron chi connectivity index (χ2n) is 6.94. The standard InChI is InChI=1S/C16H24N2O4S/c1-17-12-13(11-14(17)15(19)20)23(21,22)18-9-7-16(8-10-18)5-3-2-4-6-16/h11-12H,2-10H2,1H3,(H,19,20). The molecule has 1 aliphatic carbocycles. The molecule has 0 aromatic carbocycles. The Morgan fingerprint density at radius 2 is 1.74 bits per heavy atom. The molecule has 0 radical (unpaired) electrons. The molecule has 1 spiro atoms. The van der Waals surface area contributed by atoms with Crippen LogP contribution < -0.4 is 0 Å². The lowest BCUT2D eigenvalue weighted by molar-refractivity contribution is 0.0686. The Bertz CT molecular complexity index is 692. The normalized spacial score (nSPS) is 22.3. The van der Waals surface area contributed by atoms with E-state index in [1.807, 2.05) is 0 Å². The summed E-state index contributed by atoms with van der Waals surface area (Å²) in [4.78, 5) is 11.2. The van der Waals surface area contributed by atoms with Gasteiger partial charge in [0.15, 0.2) is 0 Å². The quantitative estimate of drug-likeness (QED) is 0.916. The predicted molar refractivity (Wildman–Crippen MR) is 85.9 cm³/mol. The summed E-state index contributed by atoms with van der Waals surface area (Å²) in [5, 5.41) is 9.09. The van der Waals surface area contributed by atoms with Gasteiger partial charge < -0.3 is 9.67 Å². The van der Waals surface area contributed by atoms with Gasteiger partial charge in [-0.2, -0.15) is 4.31 Å². The maximum absolute atomic E-state index is 12.8. The zero-order chi connectivity index (χ0) is 16.7. The molecule has 0 amide bonds. The van der Waals surface area contributed by atoms with Crippen molar-refractivity contribution >= 4 is 16.0 Å². The molecule has 1 saturated carbocycles. The number of sulfonamides is 1. The summed E-state index contributed by atoms with van der Waals surface area (Å²) in [6, 6.07) is 1.25. The first-order valence-electron chi connectivity index (χ1n) is 8.24. The molecule has 1 aromatic heterocycles. The number of hydrogen-bond acceptors (Lipinski definition) is 3. The maximum Gasteiger partial charge on any atom is 0.352 e. The zero-order valence-corrected chi connectivity index (χ0v) is 14.3. The molecule has 0 bridgehead atoms.